The van der Waals surface area contributed by atoms with E-state index >= 15 is 0 Å². The molecule has 1 fully saturated rings. The highest BCUT2D eigenvalue weighted by Crippen LogP contribution is 2.33. The summed E-state index contributed by atoms with van der Waals surface area (Å²) < 4.78 is 4.89. The van der Waals surface area contributed by atoms with Gasteiger partial charge in [0.2, 0.25) is 0 Å². The molecule has 0 radical (unpaired) electrons. The van der Waals surface area contributed by atoms with E-state index in [2.05, 4.69) is 39.2 Å². The number of likely N-dealkylation sites (N-methyl/N-ethyl adjacent to an activating group) is 1. The van der Waals surface area contributed by atoms with Gasteiger partial charge in [-0.3, -0.25) is 9.69 Å². The fourth-order valence-electron chi connectivity index (χ4n) is 3.66. The van der Waals surface area contributed by atoms with Crippen LogP contribution in [0.2, 0.25) is 5.02 Å². The van der Waals surface area contributed by atoms with Crippen molar-refractivity contribution in [3.8, 4) is 10.4 Å². The van der Waals surface area contributed by atoms with Gasteiger partial charge in [-0.15, -0.1) is 11.3 Å². The first-order valence-electron chi connectivity index (χ1n) is 10.0. The molecular formula is C21H25ClN6O2S. The summed E-state index contributed by atoms with van der Waals surface area (Å²) in [6.45, 7) is 3.01. The van der Waals surface area contributed by atoms with Crippen molar-refractivity contribution in [3.05, 3.63) is 46.4 Å². The maximum absolute atomic E-state index is 12.4. The molecule has 1 aliphatic rings. The Morgan fingerprint density at radius 1 is 1.45 bits per heavy atom. The number of nitrogens with two attached hydrogens (primary N) is 1. The lowest BCUT2D eigenvalue weighted by molar-refractivity contribution is 0.102. The maximum atomic E-state index is 12.4. The van der Waals surface area contributed by atoms with Gasteiger partial charge >= 0.3 is 0 Å². The number of nitrogens with one attached hydrogen (secondary N) is 1. The third-order valence-electron chi connectivity index (χ3n) is 5.38. The van der Waals surface area contributed by atoms with Gasteiger partial charge in [0.1, 0.15) is 11.3 Å². The van der Waals surface area contributed by atoms with Crippen molar-refractivity contribution in [1.29, 1.82) is 0 Å². The highest BCUT2D eigenvalue weighted by atomic mass is 35.5. The molecule has 1 amide bonds. The van der Waals surface area contributed by atoms with Gasteiger partial charge < -0.3 is 20.4 Å². The molecule has 3 heterocycles. The number of nitrogens with zero attached hydrogens (tertiary/aromatic N) is 4. The summed E-state index contributed by atoms with van der Waals surface area (Å²) in [4.78, 5) is 26.6. The molecule has 1 saturated heterocycles. The second-order valence-corrected chi connectivity index (χ2v) is 9.36. The van der Waals surface area contributed by atoms with Gasteiger partial charge in [0.15, 0.2) is 5.69 Å². The molecule has 0 saturated carbocycles. The molecule has 1 aliphatic heterocycles. The fraction of sp³-hybridized carbons (Fsp3) is 0.381. The van der Waals surface area contributed by atoms with Crippen molar-refractivity contribution >= 4 is 40.5 Å². The standard InChI is InChI=1S/C21H25ClN6O2S/c1-27(2)14-4-3-7-28(10-14)11-19-24-9-18(31-19)13-5-6-15(22)16(8-13)25-20(29)17-12-30-21(23)26-17/h5-6,8-9,12,14H,3-4,7,10-11H2,1-2H3,(H2,23,26)(H,25,29). The third kappa shape index (κ3) is 5.24. The van der Waals surface area contributed by atoms with Crippen LogP contribution in [0.5, 0.6) is 0 Å². The number of likely N-dealkylation sites (tertiary alicyclic amines) is 1. The average molecular weight is 461 g/mol. The molecule has 2 aromatic heterocycles. The number of aromatic nitrogens is 2. The largest absolute Gasteiger partial charge is 0.431 e. The molecule has 1 atom stereocenters. The summed E-state index contributed by atoms with van der Waals surface area (Å²) in [6, 6.07) is 6.05. The first-order valence-corrected chi connectivity index (χ1v) is 11.2. The molecule has 0 aliphatic carbocycles. The van der Waals surface area contributed by atoms with Crippen LogP contribution in [-0.4, -0.2) is 58.9 Å². The number of oxazole rings is 1. The Hall–Kier alpha value is -2.46. The Labute approximate surface area is 190 Å². The van der Waals surface area contributed by atoms with Crippen LogP contribution < -0.4 is 11.1 Å². The van der Waals surface area contributed by atoms with Crippen molar-refractivity contribution in [2.24, 2.45) is 0 Å². The number of amides is 1. The average Bonchev–Trinajstić information content (AvgIpc) is 3.39. The molecule has 164 valence electrons. The van der Waals surface area contributed by atoms with Gasteiger partial charge in [0, 0.05) is 18.8 Å². The number of thiazole rings is 1. The Morgan fingerprint density at radius 3 is 3.03 bits per heavy atom. The number of carbonyl (C=O) groups excluding carboxylic acids is 1. The van der Waals surface area contributed by atoms with Crippen molar-refractivity contribution in [1.82, 2.24) is 19.8 Å². The monoisotopic (exact) mass is 460 g/mol. The summed E-state index contributed by atoms with van der Waals surface area (Å²) in [5.74, 6) is -0.440. The lowest BCUT2D eigenvalue weighted by Crippen LogP contribution is -2.44. The molecule has 10 heteroatoms. The van der Waals surface area contributed by atoms with Crippen LogP contribution >= 0.6 is 22.9 Å². The van der Waals surface area contributed by atoms with Crippen LogP contribution in [-0.2, 0) is 6.54 Å². The Bertz CT molecular complexity index is 1070. The number of hydrogen-bond acceptors (Lipinski definition) is 8. The van der Waals surface area contributed by atoms with E-state index in [1.54, 1.807) is 17.4 Å². The van der Waals surface area contributed by atoms with Gasteiger partial charge in [-0.2, -0.15) is 4.98 Å². The van der Waals surface area contributed by atoms with Gasteiger partial charge in [-0.25, -0.2) is 4.98 Å². The molecule has 4 rings (SSSR count). The molecule has 8 nitrogen and oxygen atoms in total. The topological polar surface area (TPSA) is 101 Å². The number of carbonyl (C=O) groups is 1. The predicted molar refractivity (Wildman–Crippen MR) is 123 cm³/mol. The first-order chi connectivity index (χ1) is 14.9. The zero-order chi connectivity index (χ0) is 22.0. The number of benzene rings is 1. The van der Waals surface area contributed by atoms with E-state index in [1.165, 1.54) is 19.1 Å². The first kappa shape index (κ1) is 21.8. The van der Waals surface area contributed by atoms with E-state index in [0.29, 0.717) is 16.8 Å². The van der Waals surface area contributed by atoms with E-state index in [1.807, 2.05) is 18.3 Å². The van der Waals surface area contributed by atoms with Crippen LogP contribution in [0.3, 0.4) is 0 Å². The van der Waals surface area contributed by atoms with Crippen molar-refractivity contribution in [2.75, 3.05) is 38.2 Å². The molecule has 0 bridgehead atoms. The minimum Gasteiger partial charge on any atom is -0.431 e. The quantitative estimate of drug-likeness (QED) is 0.576. The lowest BCUT2D eigenvalue weighted by atomic mass is 10.1. The van der Waals surface area contributed by atoms with Gasteiger partial charge in [0.05, 0.1) is 22.1 Å². The van der Waals surface area contributed by atoms with Crippen LogP contribution in [0.4, 0.5) is 11.7 Å². The highest BCUT2D eigenvalue weighted by molar-refractivity contribution is 7.15. The van der Waals surface area contributed by atoms with Crippen LogP contribution in [0.25, 0.3) is 10.4 Å². The number of rotatable bonds is 6. The van der Waals surface area contributed by atoms with Crippen molar-refractivity contribution in [3.63, 3.8) is 0 Å². The summed E-state index contributed by atoms with van der Waals surface area (Å²) in [7, 11) is 4.29. The van der Waals surface area contributed by atoms with Crippen LogP contribution in [0.15, 0.2) is 35.1 Å². The zero-order valence-corrected chi connectivity index (χ0v) is 19.0. The molecule has 31 heavy (non-hydrogen) atoms. The minimum atomic E-state index is -0.440. The fourth-order valence-corrected chi connectivity index (χ4v) is 4.78. The second kappa shape index (κ2) is 9.35. The van der Waals surface area contributed by atoms with E-state index in [-0.39, 0.29) is 11.7 Å². The number of halogens is 1. The molecule has 3 aromatic rings. The maximum Gasteiger partial charge on any atom is 0.292 e. The van der Waals surface area contributed by atoms with E-state index in [4.69, 9.17) is 21.8 Å². The Kier molecular flexibility index (Phi) is 6.57. The zero-order valence-electron chi connectivity index (χ0n) is 17.5. The van der Waals surface area contributed by atoms with Crippen molar-refractivity contribution < 1.29 is 9.21 Å². The van der Waals surface area contributed by atoms with E-state index < -0.39 is 5.91 Å². The Morgan fingerprint density at radius 2 is 2.29 bits per heavy atom. The van der Waals surface area contributed by atoms with Crippen LogP contribution in [0, 0.1) is 0 Å². The summed E-state index contributed by atoms with van der Waals surface area (Å²) in [5, 5.41) is 4.27. The number of hydrogen-bond donors (Lipinski definition) is 2. The number of piperidine rings is 1. The summed E-state index contributed by atoms with van der Waals surface area (Å²) >= 11 is 7.94. The van der Waals surface area contributed by atoms with E-state index in [0.717, 1.165) is 35.1 Å². The normalized spacial score (nSPS) is 17.2. The highest BCUT2D eigenvalue weighted by Gasteiger charge is 2.22. The Balaban J connectivity index is 1.46. The summed E-state index contributed by atoms with van der Waals surface area (Å²) in [5.41, 5.74) is 6.96. The molecule has 1 unspecified atom stereocenters. The van der Waals surface area contributed by atoms with E-state index in [9.17, 15) is 4.79 Å². The molecule has 1 aromatic carbocycles. The van der Waals surface area contributed by atoms with Gasteiger partial charge in [-0.05, 0) is 51.2 Å². The summed E-state index contributed by atoms with van der Waals surface area (Å²) in [6.07, 6.45) is 5.53. The predicted octanol–water partition coefficient (Wildman–Crippen LogP) is 3.81. The number of anilines is 2. The van der Waals surface area contributed by atoms with Gasteiger partial charge in [0.25, 0.3) is 11.9 Å². The minimum absolute atomic E-state index is 0.0622. The molecule has 3 N–H and O–H groups in total. The smallest absolute Gasteiger partial charge is 0.292 e. The molecule has 0 spiro atoms. The van der Waals surface area contributed by atoms with Gasteiger partial charge in [-0.1, -0.05) is 17.7 Å². The third-order valence-corrected chi connectivity index (χ3v) is 6.74. The number of nitrogen functional groups attached to an aromatic ring is 1. The SMILES string of the molecule is CN(C)C1CCCN(Cc2ncc(-c3ccc(Cl)c(NC(=O)c4coc(N)n4)c3)s2)C1. The van der Waals surface area contributed by atoms with Crippen molar-refractivity contribution in [2.45, 2.75) is 25.4 Å². The lowest BCUT2D eigenvalue weighted by Gasteiger charge is -2.35. The second-order valence-electron chi connectivity index (χ2n) is 7.83. The molecular weight excluding hydrogens is 436 g/mol. The van der Waals surface area contributed by atoms with Crippen LogP contribution in [0.1, 0.15) is 28.3 Å².